The van der Waals surface area contributed by atoms with Crippen LogP contribution in [0.4, 0.5) is 24.7 Å². The molecule has 130 valence electrons. The van der Waals surface area contributed by atoms with Crippen molar-refractivity contribution in [1.29, 1.82) is 0 Å². The predicted molar refractivity (Wildman–Crippen MR) is 83.9 cm³/mol. The third kappa shape index (κ3) is 3.87. The van der Waals surface area contributed by atoms with E-state index in [9.17, 15) is 13.2 Å². The van der Waals surface area contributed by atoms with Gasteiger partial charge in [-0.3, -0.25) is 0 Å². The van der Waals surface area contributed by atoms with Crippen LogP contribution in [-0.2, 0) is 6.18 Å². The summed E-state index contributed by atoms with van der Waals surface area (Å²) in [5.41, 5.74) is -0.508. The summed E-state index contributed by atoms with van der Waals surface area (Å²) >= 11 is 0. The number of nitrogens with zero attached hydrogens (tertiary/aromatic N) is 3. The second-order valence-electron chi connectivity index (χ2n) is 5.29. The largest absolute Gasteiger partial charge is 0.495 e. The zero-order valence-corrected chi connectivity index (χ0v) is 13.8. The lowest BCUT2D eigenvalue weighted by atomic mass is 10.2. The molecule has 0 saturated carbocycles. The highest BCUT2D eigenvalue weighted by molar-refractivity contribution is 5.68. The van der Waals surface area contributed by atoms with Gasteiger partial charge in [-0.1, -0.05) is 12.1 Å². The minimum Gasteiger partial charge on any atom is -0.495 e. The molecule has 0 aliphatic heterocycles. The number of halogens is 3. The molecule has 0 fully saturated rings. The fourth-order valence-electron chi connectivity index (χ4n) is 2.10. The Hall–Kier alpha value is -2.51. The van der Waals surface area contributed by atoms with Crippen molar-refractivity contribution in [1.82, 2.24) is 9.97 Å². The predicted octanol–water partition coefficient (Wildman–Crippen LogP) is 4.06. The number of rotatable bonds is 5. The molecular formula is C16H18F3N3O2. The maximum absolute atomic E-state index is 13.3. The first kappa shape index (κ1) is 17.8. The summed E-state index contributed by atoms with van der Waals surface area (Å²) in [6, 6.07) is 6.62. The third-order valence-electron chi connectivity index (χ3n) is 3.16. The zero-order chi connectivity index (χ0) is 17.9. The molecule has 0 aliphatic rings. The number of aromatic nitrogens is 2. The van der Waals surface area contributed by atoms with Crippen molar-refractivity contribution in [2.45, 2.75) is 26.1 Å². The van der Waals surface area contributed by atoms with Crippen LogP contribution in [0.2, 0.25) is 0 Å². The topological polar surface area (TPSA) is 47.5 Å². The number of alkyl halides is 3. The van der Waals surface area contributed by atoms with Gasteiger partial charge in [-0.15, -0.1) is 0 Å². The molecule has 1 heterocycles. The van der Waals surface area contributed by atoms with Crippen molar-refractivity contribution in [2.75, 3.05) is 19.1 Å². The molecule has 0 radical (unpaired) electrons. The smallest absolute Gasteiger partial charge is 0.421 e. The summed E-state index contributed by atoms with van der Waals surface area (Å²) in [6.45, 7) is 3.48. The van der Waals surface area contributed by atoms with Gasteiger partial charge in [0.05, 0.1) is 18.9 Å². The molecule has 5 nitrogen and oxygen atoms in total. The molecule has 24 heavy (non-hydrogen) atoms. The van der Waals surface area contributed by atoms with Crippen molar-refractivity contribution < 1.29 is 22.6 Å². The van der Waals surface area contributed by atoms with Crippen LogP contribution in [0.5, 0.6) is 11.8 Å². The Morgan fingerprint density at radius 2 is 1.83 bits per heavy atom. The van der Waals surface area contributed by atoms with E-state index in [1.807, 2.05) is 0 Å². The van der Waals surface area contributed by atoms with E-state index in [4.69, 9.17) is 9.47 Å². The van der Waals surface area contributed by atoms with E-state index >= 15 is 0 Å². The van der Waals surface area contributed by atoms with Gasteiger partial charge in [0.1, 0.15) is 11.3 Å². The molecule has 1 aromatic carbocycles. The van der Waals surface area contributed by atoms with Crippen molar-refractivity contribution in [3.8, 4) is 11.8 Å². The van der Waals surface area contributed by atoms with E-state index in [1.165, 1.54) is 19.1 Å². The van der Waals surface area contributed by atoms with Crippen LogP contribution in [0.25, 0.3) is 0 Å². The van der Waals surface area contributed by atoms with E-state index in [1.54, 1.807) is 38.1 Å². The molecule has 2 aromatic rings. The number of hydrogen-bond donors (Lipinski definition) is 0. The van der Waals surface area contributed by atoms with Crippen LogP contribution >= 0.6 is 0 Å². The van der Waals surface area contributed by atoms with Crippen molar-refractivity contribution in [3.05, 3.63) is 36.0 Å². The number of anilines is 2. The Morgan fingerprint density at radius 3 is 2.42 bits per heavy atom. The van der Waals surface area contributed by atoms with Gasteiger partial charge in [-0.25, -0.2) is 4.98 Å². The van der Waals surface area contributed by atoms with Gasteiger partial charge in [-0.05, 0) is 26.0 Å². The number of para-hydroxylation sites is 2. The van der Waals surface area contributed by atoms with Crippen LogP contribution in [0, 0.1) is 0 Å². The lowest BCUT2D eigenvalue weighted by Gasteiger charge is -2.24. The van der Waals surface area contributed by atoms with Crippen molar-refractivity contribution in [2.24, 2.45) is 0 Å². The number of methoxy groups -OCH3 is 1. The van der Waals surface area contributed by atoms with Gasteiger partial charge in [0.15, 0.2) is 5.82 Å². The van der Waals surface area contributed by atoms with E-state index in [0.29, 0.717) is 11.4 Å². The van der Waals surface area contributed by atoms with Crippen LogP contribution in [-0.4, -0.2) is 30.2 Å². The van der Waals surface area contributed by atoms with E-state index in [2.05, 4.69) is 9.97 Å². The standard InChI is InChI=1S/C16H18F3N3O2/c1-10(2)24-15-20-9-11(16(17,18)19)14(21-15)22(3)12-7-5-6-8-13(12)23-4/h5-10H,1-4H3. The summed E-state index contributed by atoms with van der Waals surface area (Å²) in [6.07, 6.45) is -4.13. The SMILES string of the molecule is COc1ccccc1N(C)c1nc(OC(C)C)ncc1C(F)(F)F. The average Bonchev–Trinajstić information content (AvgIpc) is 2.52. The second kappa shape index (κ2) is 6.94. The Morgan fingerprint density at radius 1 is 1.17 bits per heavy atom. The monoisotopic (exact) mass is 341 g/mol. The highest BCUT2D eigenvalue weighted by Gasteiger charge is 2.37. The van der Waals surface area contributed by atoms with E-state index < -0.39 is 11.7 Å². The summed E-state index contributed by atoms with van der Waals surface area (Å²) < 4.78 is 50.5. The number of benzene rings is 1. The van der Waals surface area contributed by atoms with Crippen molar-refractivity contribution >= 4 is 11.5 Å². The minimum atomic E-state index is -4.60. The van der Waals surface area contributed by atoms with Gasteiger partial charge in [0, 0.05) is 13.2 Å². The van der Waals surface area contributed by atoms with Crippen LogP contribution in [0.3, 0.4) is 0 Å². The molecule has 0 amide bonds. The highest BCUT2D eigenvalue weighted by Crippen LogP contribution is 2.39. The zero-order valence-electron chi connectivity index (χ0n) is 13.8. The number of ether oxygens (including phenoxy) is 2. The summed E-state index contributed by atoms with van der Waals surface area (Å²) in [4.78, 5) is 8.90. The molecule has 2 rings (SSSR count). The molecule has 0 bridgehead atoms. The molecule has 0 aliphatic carbocycles. The molecule has 8 heteroatoms. The van der Waals surface area contributed by atoms with Crippen LogP contribution < -0.4 is 14.4 Å². The van der Waals surface area contributed by atoms with Gasteiger partial charge in [-0.2, -0.15) is 18.2 Å². The van der Waals surface area contributed by atoms with Gasteiger partial charge in [0.2, 0.25) is 0 Å². The summed E-state index contributed by atoms with van der Waals surface area (Å²) in [7, 11) is 2.93. The molecule has 0 N–H and O–H groups in total. The van der Waals surface area contributed by atoms with E-state index in [0.717, 1.165) is 6.20 Å². The Balaban J connectivity index is 2.56. The summed E-state index contributed by atoms with van der Waals surface area (Å²) in [5.74, 6) is 0.121. The Labute approximate surface area is 138 Å². The molecule has 1 aromatic heterocycles. The Bertz CT molecular complexity index is 705. The highest BCUT2D eigenvalue weighted by atomic mass is 19.4. The first-order chi connectivity index (χ1) is 11.2. The fraction of sp³-hybridized carbons (Fsp3) is 0.375. The maximum Gasteiger partial charge on any atom is 0.421 e. The Kier molecular flexibility index (Phi) is 5.16. The summed E-state index contributed by atoms with van der Waals surface area (Å²) in [5, 5.41) is 0. The lowest BCUT2D eigenvalue weighted by Crippen LogP contribution is -2.20. The number of hydrogen-bond acceptors (Lipinski definition) is 5. The van der Waals surface area contributed by atoms with Crippen LogP contribution in [0.15, 0.2) is 30.5 Å². The van der Waals surface area contributed by atoms with Crippen molar-refractivity contribution in [3.63, 3.8) is 0 Å². The van der Waals surface area contributed by atoms with Gasteiger partial charge >= 0.3 is 12.2 Å². The normalized spacial score (nSPS) is 11.5. The molecule has 0 saturated heterocycles. The van der Waals surface area contributed by atoms with Gasteiger partial charge in [0.25, 0.3) is 0 Å². The molecule has 0 atom stereocenters. The third-order valence-corrected chi connectivity index (χ3v) is 3.16. The molecular weight excluding hydrogens is 323 g/mol. The fourth-order valence-corrected chi connectivity index (χ4v) is 2.10. The van der Waals surface area contributed by atoms with Crippen LogP contribution in [0.1, 0.15) is 19.4 Å². The molecule has 0 spiro atoms. The average molecular weight is 341 g/mol. The van der Waals surface area contributed by atoms with E-state index in [-0.39, 0.29) is 17.9 Å². The first-order valence-electron chi connectivity index (χ1n) is 7.21. The second-order valence-corrected chi connectivity index (χ2v) is 5.29. The minimum absolute atomic E-state index is 0.116. The lowest BCUT2D eigenvalue weighted by molar-refractivity contribution is -0.137. The maximum atomic E-state index is 13.3. The van der Waals surface area contributed by atoms with Gasteiger partial charge < -0.3 is 14.4 Å². The first-order valence-corrected chi connectivity index (χ1v) is 7.21. The quantitative estimate of drug-likeness (QED) is 0.821. The molecule has 0 unspecified atom stereocenters.